The number of aromatic hydroxyl groups is 1. The van der Waals surface area contributed by atoms with Gasteiger partial charge in [0.25, 0.3) is 5.91 Å². The lowest BCUT2D eigenvalue weighted by molar-refractivity contribution is -0.120. The molecule has 7 heterocycles. The predicted octanol–water partition coefficient (Wildman–Crippen LogP) is 6.31. The Morgan fingerprint density at radius 2 is 1.71 bits per heavy atom. The van der Waals surface area contributed by atoms with E-state index in [1.54, 1.807) is 23.2 Å². The van der Waals surface area contributed by atoms with Crippen molar-refractivity contribution in [2.24, 2.45) is 5.92 Å². The minimum atomic E-state index is -0.399. The summed E-state index contributed by atoms with van der Waals surface area (Å²) in [5.74, 6) is 0.838. The van der Waals surface area contributed by atoms with E-state index in [0.29, 0.717) is 54.4 Å². The Morgan fingerprint density at radius 3 is 2.47 bits per heavy atom. The number of morpholine rings is 1. The number of pyridine rings is 1. The lowest BCUT2D eigenvalue weighted by Gasteiger charge is -2.40. The van der Waals surface area contributed by atoms with Crippen molar-refractivity contribution in [1.82, 2.24) is 34.9 Å². The van der Waals surface area contributed by atoms with Gasteiger partial charge in [-0.25, -0.2) is 9.78 Å². The van der Waals surface area contributed by atoms with E-state index in [1.165, 1.54) is 0 Å². The summed E-state index contributed by atoms with van der Waals surface area (Å²) < 4.78 is 8.74. The number of hydrogen-bond donors (Lipinski definition) is 3. The molecule has 0 radical (unpaired) electrons. The molecule has 15 heteroatoms. The number of hydrogen-bond acceptors (Lipinski definition) is 11. The third-order valence-electron chi connectivity index (χ3n) is 13.5. The number of likely N-dealkylation sites (tertiary alicyclic amines) is 2. The normalized spacial score (nSPS) is 20.9. The molecule has 4 fully saturated rings. The van der Waals surface area contributed by atoms with Crippen LogP contribution in [0.1, 0.15) is 83.8 Å². The number of nitrogens with one attached hydrogen (secondary N) is 1. The molecule has 4 amide bonds. The van der Waals surface area contributed by atoms with Crippen LogP contribution in [0.2, 0.25) is 0 Å². The number of aromatic nitrogens is 4. The molecule has 0 spiro atoms. The highest BCUT2D eigenvalue weighted by Gasteiger charge is 2.33. The number of benzene rings is 2. The molecule has 0 aliphatic carbocycles. The maximum absolute atomic E-state index is 14.0. The number of aryl methyl sites for hydroxylation is 3. The van der Waals surface area contributed by atoms with Gasteiger partial charge in [-0.05, 0) is 112 Å². The Kier molecular flexibility index (Phi) is 11.3. The number of anilines is 3. The molecule has 4 aliphatic heterocycles. The van der Waals surface area contributed by atoms with Gasteiger partial charge in [0.2, 0.25) is 5.91 Å². The number of nitrogen functional groups attached to an aromatic ring is 1. The minimum absolute atomic E-state index is 0.0310. The molecule has 4 N–H and O–H groups in total. The zero-order valence-corrected chi connectivity index (χ0v) is 36.0. The number of amides is 4. The number of piperidine rings is 2. The van der Waals surface area contributed by atoms with Crippen molar-refractivity contribution >= 4 is 46.1 Å². The van der Waals surface area contributed by atoms with Crippen LogP contribution >= 0.6 is 0 Å². The average molecular weight is 841 g/mol. The van der Waals surface area contributed by atoms with E-state index in [0.717, 1.165) is 103 Å². The van der Waals surface area contributed by atoms with Crippen LogP contribution < -0.4 is 20.9 Å². The summed E-state index contributed by atoms with van der Waals surface area (Å²) in [7, 11) is 0. The average Bonchev–Trinajstić information content (AvgIpc) is 3.60. The Labute approximate surface area is 361 Å². The van der Waals surface area contributed by atoms with Gasteiger partial charge in [-0.3, -0.25) is 19.8 Å². The van der Waals surface area contributed by atoms with Crippen molar-refractivity contribution in [2.75, 3.05) is 68.0 Å². The van der Waals surface area contributed by atoms with Gasteiger partial charge in [-0.15, -0.1) is 10.2 Å². The highest BCUT2D eigenvalue weighted by molar-refractivity contribution is 6.06. The first-order valence-corrected chi connectivity index (χ1v) is 21.9. The summed E-state index contributed by atoms with van der Waals surface area (Å²) in [5.41, 5.74) is 14.8. The van der Waals surface area contributed by atoms with Gasteiger partial charge in [-0.1, -0.05) is 18.2 Å². The smallest absolute Gasteiger partial charge is 0.328 e. The lowest BCUT2D eigenvalue weighted by atomic mass is 9.92. The molecule has 15 nitrogen and oxygen atoms in total. The number of para-hydroxylation sites is 1. The molecular formula is C47H56N10O5. The Bertz CT molecular complexity index is 2520. The van der Waals surface area contributed by atoms with Crippen LogP contribution in [-0.4, -0.2) is 111 Å². The first kappa shape index (κ1) is 41.3. The number of phenols is 1. The topological polar surface area (TPSA) is 175 Å². The van der Waals surface area contributed by atoms with Crippen LogP contribution in [0.25, 0.3) is 22.3 Å². The van der Waals surface area contributed by atoms with Crippen LogP contribution in [0.15, 0.2) is 60.9 Å². The van der Waals surface area contributed by atoms with Gasteiger partial charge in [0.15, 0.2) is 5.82 Å². The van der Waals surface area contributed by atoms with Crippen LogP contribution in [0.4, 0.5) is 22.0 Å². The number of rotatable bonds is 8. The molecule has 2 aromatic carbocycles. The van der Waals surface area contributed by atoms with Gasteiger partial charge in [0, 0.05) is 87.0 Å². The number of carbonyl (C=O) groups is 3. The van der Waals surface area contributed by atoms with Gasteiger partial charge in [0.1, 0.15) is 17.5 Å². The number of nitrogens with two attached hydrogens (primary N) is 1. The van der Waals surface area contributed by atoms with E-state index in [1.807, 2.05) is 42.2 Å². The fourth-order valence-corrected chi connectivity index (χ4v) is 9.89. The third-order valence-corrected chi connectivity index (χ3v) is 13.5. The molecule has 5 aromatic rings. The fourth-order valence-electron chi connectivity index (χ4n) is 9.89. The van der Waals surface area contributed by atoms with Crippen LogP contribution in [0, 0.1) is 26.7 Å². The number of fused-ring (bicyclic) bond motifs is 1. The van der Waals surface area contributed by atoms with Crippen LogP contribution in [-0.2, 0) is 9.53 Å². The van der Waals surface area contributed by atoms with Crippen molar-refractivity contribution in [3.63, 3.8) is 0 Å². The summed E-state index contributed by atoms with van der Waals surface area (Å²) in [6.07, 6.45) is 8.02. The molecule has 3 aromatic heterocycles. The second-order valence-corrected chi connectivity index (χ2v) is 17.7. The highest BCUT2D eigenvalue weighted by Crippen LogP contribution is 2.37. The minimum Gasteiger partial charge on any atom is -0.507 e. The van der Waals surface area contributed by atoms with Crippen molar-refractivity contribution in [3.05, 3.63) is 88.7 Å². The van der Waals surface area contributed by atoms with Crippen LogP contribution in [0.3, 0.4) is 0 Å². The first-order chi connectivity index (χ1) is 29.9. The molecule has 0 saturated carbocycles. The SMILES string of the molecule is Cc1cc([C@@H]2CN(c3cc(-c4ccccc4O)nnc3N)C(C)CO2)c(C)cc1C(=O)N1CCC(CN2CCC(n3cc(C)c4cc(N5CCC(=O)NC5=O)cnc43)CC2)CC1. The van der Waals surface area contributed by atoms with Gasteiger partial charge in [-0.2, -0.15) is 0 Å². The van der Waals surface area contributed by atoms with Gasteiger partial charge >= 0.3 is 6.03 Å². The van der Waals surface area contributed by atoms with Crippen molar-refractivity contribution in [1.29, 1.82) is 0 Å². The predicted molar refractivity (Wildman–Crippen MR) is 238 cm³/mol. The monoisotopic (exact) mass is 840 g/mol. The summed E-state index contributed by atoms with van der Waals surface area (Å²) in [5, 5.41) is 22.4. The van der Waals surface area contributed by atoms with Gasteiger partial charge < -0.3 is 34.8 Å². The Balaban J connectivity index is 0.788. The van der Waals surface area contributed by atoms with E-state index < -0.39 is 6.03 Å². The van der Waals surface area contributed by atoms with E-state index >= 15 is 0 Å². The largest absolute Gasteiger partial charge is 0.507 e. The van der Waals surface area contributed by atoms with E-state index in [2.05, 4.69) is 62.9 Å². The number of carbonyl (C=O) groups excluding carboxylic acids is 3. The molecule has 0 bridgehead atoms. The summed E-state index contributed by atoms with van der Waals surface area (Å²) in [6, 6.07) is 15.1. The Hall–Kier alpha value is -6.06. The standard InChI is InChI=1S/C47H56N10O5/c1-28-20-38(29(2)19-36(28)42-26-56(31(4)27-62-42)40-22-39(51-52-44(40)48)35-7-5-6-8-41(35)58)46(60)54-16-9-32(10-17-54)25-53-14-11-33(12-15-53)57-24-30(3)37-21-34(23-49-45(37)57)55-18-13-43(59)50-47(55)61/h5-8,19-24,31-33,42,58H,9-18,25-27H2,1-4H3,(H2,48,52)(H,50,59,61)/t31?,42-/m0/s1. The van der Waals surface area contributed by atoms with Crippen LogP contribution in [0.5, 0.6) is 5.75 Å². The summed E-state index contributed by atoms with van der Waals surface area (Å²) >= 11 is 0. The van der Waals surface area contributed by atoms with Crippen molar-refractivity contribution < 1.29 is 24.2 Å². The summed E-state index contributed by atoms with van der Waals surface area (Å²) in [6.45, 7) is 14.2. The van der Waals surface area contributed by atoms with Crippen molar-refractivity contribution in [2.45, 2.75) is 78.0 Å². The fraction of sp³-hybridized carbons (Fsp3) is 0.447. The van der Waals surface area contributed by atoms with Crippen molar-refractivity contribution in [3.8, 4) is 17.0 Å². The zero-order chi connectivity index (χ0) is 43.2. The molecule has 9 rings (SSSR count). The molecular weight excluding hydrogens is 785 g/mol. The number of imide groups is 1. The zero-order valence-electron chi connectivity index (χ0n) is 36.0. The maximum Gasteiger partial charge on any atom is 0.328 e. The number of nitrogens with zero attached hydrogens (tertiary/aromatic N) is 8. The second kappa shape index (κ2) is 17.0. The summed E-state index contributed by atoms with van der Waals surface area (Å²) in [4.78, 5) is 51.4. The highest BCUT2D eigenvalue weighted by atomic mass is 16.5. The van der Waals surface area contributed by atoms with E-state index in [4.69, 9.17) is 15.5 Å². The number of urea groups is 1. The number of phenolic OH excluding ortho intramolecular Hbond substituents is 1. The lowest BCUT2D eigenvalue weighted by Crippen LogP contribution is -2.49. The molecule has 1 unspecified atom stereocenters. The first-order valence-electron chi connectivity index (χ1n) is 21.9. The Morgan fingerprint density at radius 1 is 0.935 bits per heavy atom. The molecule has 4 saturated heterocycles. The molecule has 4 aliphatic rings. The van der Waals surface area contributed by atoms with E-state index in [-0.39, 0.29) is 36.1 Å². The number of ether oxygens (including phenoxy) is 1. The quantitative estimate of drug-likeness (QED) is 0.160. The van der Waals surface area contributed by atoms with E-state index in [9.17, 15) is 19.5 Å². The van der Waals surface area contributed by atoms with Gasteiger partial charge in [0.05, 0.1) is 29.9 Å². The molecule has 2 atom stereocenters. The molecule has 324 valence electrons. The molecule has 62 heavy (non-hydrogen) atoms. The third kappa shape index (κ3) is 8.06. The second-order valence-electron chi connectivity index (χ2n) is 17.7. The maximum atomic E-state index is 14.0.